The van der Waals surface area contributed by atoms with Gasteiger partial charge in [-0.05, 0) is 17.7 Å². The van der Waals surface area contributed by atoms with Gasteiger partial charge in [-0.1, -0.05) is 30.3 Å². The Labute approximate surface area is 96.8 Å². The van der Waals surface area contributed by atoms with Crippen LogP contribution in [0.25, 0.3) is 11.1 Å². The molecule has 0 heterocycles. The quantitative estimate of drug-likeness (QED) is 0.836. The van der Waals surface area contributed by atoms with Crippen LogP contribution in [-0.2, 0) is 0 Å². The fourth-order valence-corrected chi connectivity index (χ4v) is 1.61. The van der Waals surface area contributed by atoms with Gasteiger partial charge in [0.25, 0.3) is 0 Å². The lowest BCUT2D eigenvalue weighted by molar-refractivity contribution is 0.0688. The molecule has 0 aliphatic rings. The largest absolute Gasteiger partial charge is 0.507 e. The SMILES string of the molecule is O=C(O)c1c(O)ccc(-c2ccccc2)c1F. The molecule has 0 fully saturated rings. The third-order valence-corrected chi connectivity index (χ3v) is 2.42. The summed E-state index contributed by atoms with van der Waals surface area (Å²) in [4.78, 5) is 10.8. The van der Waals surface area contributed by atoms with Crippen molar-refractivity contribution in [1.29, 1.82) is 0 Å². The van der Waals surface area contributed by atoms with E-state index >= 15 is 0 Å². The van der Waals surface area contributed by atoms with Gasteiger partial charge in [0.15, 0.2) is 0 Å². The Balaban J connectivity index is 2.66. The van der Waals surface area contributed by atoms with Gasteiger partial charge in [0.05, 0.1) is 0 Å². The zero-order valence-corrected chi connectivity index (χ0v) is 8.72. The molecule has 2 aromatic carbocycles. The molecule has 0 radical (unpaired) electrons. The highest BCUT2D eigenvalue weighted by atomic mass is 19.1. The third kappa shape index (κ3) is 1.97. The van der Waals surface area contributed by atoms with Crippen molar-refractivity contribution in [2.75, 3.05) is 0 Å². The zero-order chi connectivity index (χ0) is 12.4. The van der Waals surface area contributed by atoms with Crippen LogP contribution in [0.4, 0.5) is 4.39 Å². The number of carboxylic acid groups (broad SMARTS) is 1. The van der Waals surface area contributed by atoms with Crippen LogP contribution in [0.5, 0.6) is 5.75 Å². The molecule has 0 saturated heterocycles. The number of aromatic hydroxyl groups is 1. The first-order valence-electron chi connectivity index (χ1n) is 4.91. The summed E-state index contributed by atoms with van der Waals surface area (Å²) in [6, 6.07) is 11.1. The van der Waals surface area contributed by atoms with Crippen molar-refractivity contribution < 1.29 is 19.4 Å². The Bertz CT molecular complexity index is 564. The minimum absolute atomic E-state index is 0.154. The number of aromatic carboxylic acids is 1. The van der Waals surface area contributed by atoms with Crippen LogP contribution in [0.1, 0.15) is 10.4 Å². The van der Waals surface area contributed by atoms with Crippen LogP contribution in [0.15, 0.2) is 42.5 Å². The topological polar surface area (TPSA) is 57.5 Å². The highest BCUT2D eigenvalue weighted by molar-refractivity contribution is 5.93. The lowest BCUT2D eigenvalue weighted by atomic mass is 10.0. The van der Waals surface area contributed by atoms with Crippen LogP contribution in [0.3, 0.4) is 0 Å². The fourth-order valence-electron chi connectivity index (χ4n) is 1.61. The Kier molecular flexibility index (Phi) is 2.78. The Hall–Kier alpha value is -2.36. The van der Waals surface area contributed by atoms with Gasteiger partial charge < -0.3 is 10.2 Å². The maximum Gasteiger partial charge on any atom is 0.342 e. The Morgan fingerprint density at radius 3 is 2.29 bits per heavy atom. The van der Waals surface area contributed by atoms with Crippen molar-refractivity contribution in [2.45, 2.75) is 0 Å². The lowest BCUT2D eigenvalue weighted by Gasteiger charge is -2.07. The average molecular weight is 232 g/mol. The van der Waals surface area contributed by atoms with Gasteiger partial charge in [-0.3, -0.25) is 0 Å². The summed E-state index contributed by atoms with van der Waals surface area (Å²) in [5.41, 5.74) is 0.0136. The number of carbonyl (C=O) groups is 1. The summed E-state index contributed by atoms with van der Waals surface area (Å²) in [5.74, 6) is -2.99. The standard InChI is InChI=1S/C13H9FO3/c14-12-9(8-4-2-1-3-5-8)6-7-10(15)11(12)13(16)17/h1-7,15H,(H,16,17). The highest BCUT2D eigenvalue weighted by Gasteiger charge is 2.19. The summed E-state index contributed by atoms with van der Waals surface area (Å²) in [6.45, 7) is 0. The summed E-state index contributed by atoms with van der Waals surface area (Å²) < 4.78 is 13.9. The molecule has 0 aliphatic heterocycles. The first kappa shape index (κ1) is 11.1. The second-order valence-electron chi connectivity index (χ2n) is 3.49. The van der Waals surface area contributed by atoms with Gasteiger partial charge in [0, 0.05) is 5.56 Å². The molecule has 0 aromatic heterocycles. The summed E-state index contributed by atoms with van der Waals surface area (Å²) in [7, 11) is 0. The molecule has 86 valence electrons. The normalized spacial score (nSPS) is 10.2. The fraction of sp³-hybridized carbons (Fsp3) is 0. The third-order valence-electron chi connectivity index (χ3n) is 2.42. The molecule has 0 unspecified atom stereocenters. The van der Waals surface area contributed by atoms with Gasteiger partial charge in [0.1, 0.15) is 17.1 Å². The summed E-state index contributed by atoms with van der Waals surface area (Å²) in [6.07, 6.45) is 0. The van der Waals surface area contributed by atoms with Crippen LogP contribution < -0.4 is 0 Å². The van der Waals surface area contributed by atoms with E-state index in [1.54, 1.807) is 30.3 Å². The maximum absolute atomic E-state index is 13.9. The van der Waals surface area contributed by atoms with Gasteiger partial charge in [-0.25, -0.2) is 9.18 Å². The Morgan fingerprint density at radius 2 is 1.71 bits per heavy atom. The van der Waals surface area contributed by atoms with Crippen molar-refractivity contribution in [1.82, 2.24) is 0 Å². The van der Waals surface area contributed by atoms with E-state index in [0.717, 1.165) is 0 Å². The van der Waals surface area contributed by atoms with E-state index in [4.69, 9.17) is 5.11 Å². The van der Waals surface area contributed by atoms with Crippen molar-refractivity contribution in [3.8, 4) is 16.9 Å². The van der Waals surface area contributed by atoms with Crippen LogP contribution in [0, 0.1) is 5.82 Å². The molecule has 0 aliphatic carbocycles. The van der Waals surface area contributed by atoms with E-state index in [-0.39, 0.29) is 5.56 Å². The molecule has 2 rings (SSSR count). The van der Waals surface area contributed by atoms with Crippen molar-refractivity contribution in [2.24, 2.45) is 0 Å². The number of halogens is 1. The predicted molar refractivity (Wildman–Crippen MR) is 60.5 cm³/mol. The molecule has 0 spiro atoms. The van der Waals surface area contributed by atoms with E-state index < -0.39 is 23.1 Å². The molecular weight excluding hydrogens is 223 g/mol. The molecule has 0 atom stereocenters. The van der Waals surface area contributed by atoms with Gasteiger partial charge >= 0.3 is 5.97 Å². The maximum atomic E-state index is 13.9. The van der Waals surface area contributed by atoms with Crippen LogP contribution in [0.2, 0.25) is 0 Å². The smallest absolute Gasteiger partial charge is 0.342 e. The van der Waals surface area contributed by atoms with E-state index in [2.05, 4.69) is 0 Å². The number of rotatable bonds is 2. The zero-order valence-electron chi connectivity index (χ0n) is 8.72. The van der Waals surface area contributed by atoms with Gasteiger partial charge in [-0.15, -0.1) is 0 Å². The van der Waals surface area contributed by atoms with Gasteiger partial charge in [-0.2, -0.15) is 0 Å². The molecule has 0 saturated carbocycles. The average Bonchev–Trinajstić information content (AvgIpc) is 2.30. The number of benzene rings is 2. The second-order valence-corrected chi connectivity index (χ2v) is 3.49. The first-order valence-corrected chi connectivity index (χ1v) is 4.91. The van der Waals surface area contributed by atoms with E-state index in [1.165, 1.54) is 12.1 Å². The minimum Gasteiger partial charge on any atom is -0.507 e. The molecule has 0 amide bonds. The van der Waals surface area contributed by atoms with E-state index in [0.29, 0.717) is 5.56 Å². The number of phenols is 1. The van der Waals surface area contributed by atoms with Gasteiger partial charge in [0.2, 0.25) is 0 Å². The Morgan fingerprint density at radius 1 is 1.06 bits per heavy atom. The number of hydrogen-bond acceptors (Lipinski definition) is 2. The molecule has 17 heavy (non-hydrogen) atoms. The van der Waals surface area contributed by atoms with E-state index in [9.17, 15) is 14.3 Å². The monoisotopic (exact) mass is 232 g/mol. The van der Waals surface area contributed by atoms with Crippen LogP contribution in [-0.4, -0.2) is 16.2 Å². The summed E-state index contributed by atoms with van der Waals surface area (Å²) in [5, 5.41) is 18.1. The molecule has 4 heteroatoms. The second kappa shape index (κ2) is 4.25. The number of carboxylic acids is 1. The highest BCUT2D eigenvalue weighted by Crippen LogP contribution is 2.30. The minimum atomic E-state index is -1.49. The lowest BCUT2D eigenvalue weighted by Crippen LogP contribution is -2.02. The molecule has 2 N–H and O–H groups in total. The van der Waals surface area contributed by atoms with Crippen LogP contribution >= 0.6 is 0 Å². The molecule has 2 aromatic rings. The van der Waals surface area contributed by atoms with E-state index in [1.807, 2.05) is 0 Å². The van der Waals surface area contributed by atoms with Crippen molar-refractivity contribution in [3.63, 3.8) is 0 Å². The van der Waals surface area contributed by atoms with Crippen molar-refractivity contribution >= 4 is 5.97 Å². The summed E-state index contributed by atoms with van der Waals surface area (Å²) >= 11 is 0. The molecular formula is C13H9FO3. The number of hydrogen-bond donors (Lipinski definition) is 2. The first-order chi connectivity index (χ1) is 8.11. The predicted octanol–water partition coefficient (Wildman–Crippen LogP) is 2.90. The molecule has 0 bridgehead atoms. The van der Waals surface area contributed by atoms with Crippen molar-refractivity contribution in [3.05, 3.63) is 53.8 Å². The molecule has 3 nitrogen and oxygen atoms in total.